The third-order valence-electron chi connectivity index (χ3n) is 2.15. The molecule has 16 heavy (non-hydrogen) atoms. The lowest BCUT2D eigenvalue weighted by Gasteiger charge is -2.25. The molecule has 0 amide bonds. The van der Waals surface area contributed by atoms with E-state index in [1.807, 2.05) is 21.1 Å². The van der Waals surface area contributed by atoms with Crippen molar-refractivity contribution in [1.29, 1.82) is 0 Å². The van der Waals surface area contributed by atoms with Gasteiger partial charge in [0, 0.05) is 5.56 Å². The van der Waals surface area contributed by atoms with Gasteiger partial charge in [0.15, 0.2) is 0 Å². The smallest absolute Gasteiger partial charge is 0.398 e. The summed E-state index contributed by atoms with van der Waals surface area (Å²) < 4.78 is 38.3. The number of anilines is 1. The summed E-state index contributed by atoms with van der Waals surface area (Å²) in [5.74, 6) is 0. The number of quaternary nitrogens is 1. The van der Waals surface area contributed by atoms with Gasteiger partial charge in [0.25, 0.3) is 0 Å². The summed E-state index contributed by atoms with van der Waals surface area (Å²) in [4.78, 5) is 0. The third kappa shape index (κ3) is 3.13. The van der Waals surface area contributed by atoms with E-state index in [9.17, 15) is 13.2 Å². The molecule has 0 aliphatic carbocycles. The first-order valence-corrected chi connectivity index (χ1v) is 4.86. The molecule has 5 heteroatoms. The van der Waals surface area contributed by atoms with Crippen molar-refractivity contribution < 1.29 is 17.7 Å². The van der Waals surface area contributed by atoms with Crippen LogP contribution in [0.1, 0.15) is 11.1 Å². The highest BCUT2D eigenvalue weighted by Gasteiger charge is 2.33. The lowest BCUT2D eigenvalue weighted by Crippen LogP contribution is -2.33. The van der Waals surface area contributed by atoms with Crippen molar-refractivity contribution >= 4 is 5.69 Å². The van der Waals surface area contributed by atoms with E-state index in [1.165, 1.54) is 6.07 Å². The first-order valence-electron chi connectivity index (χ1n) is 4.86. The summed E-state index contributed by atoms with van der Waals surface area (Å²) in [7, 11) is 5.71. The fourth-order valence-electron chi connectivity index (χ4n) is 1.51. The number of benzene rings is 1. The van der Waals surface area contributed by atoms with Crippen LogP contribution in [0, 0.1) is 0 Å². The SMILES string of the molecule is C[N+](C)(C)Cc1cccc(C(F)(F)F)c1N. The molecule has 0 atom stereocenters. The molecule has 2 N–H and O–H groups in total. The maximum Gasteiger partial charge on any atom is 0.418 e. The van der Waals surface area contributed by atoms with E-state index in [1.54, 1.807) is 6.07 Å². The van der Waals surface area contributed by atoms with Gasteiger partial charge in [0.2, 0.25) is 0 Å². The number of rotatable bonds is 2. The van der Waals surface area contributed by atoms with Crippen molar-refractivity contribution in [3.8, 4) is 0 Å². The van der Waals surface area contributed by atoms with E-state index < -0.39 is 11.7 Å². The van der Waals surface area contributed by atoms with E-state index in [-0.39, 0.29) is 5.69 Å². The maximum atomic E-state index is 12.6. The van der Waals surface area contributed by atoms with Crippen LogP contribution in [0.25, 0.3) is 0 Å². The molecule has 0 heterocycles. The number of hydrogen-bond donors (Lipinski definition) is 1. The molecule has 1 rings (SSSR count). The Balaban J connectivity index is 3.15. The number of para-hydroxylation sites is 1. The molecule has 90 valence electrons. The van der Waals surface area contributed by atoms with Gasteiger partial charge >= 0.3 is 6.18 Å². The van der Waals surface area contributed by atoms with Crippen molar-refractivity contribution in [2.75, 3.05) is 26.9 Å². The zero-order chi connectivity index (χ0) is 12.6. The molecule has 1 aromatic rings. The monoisotopic (exact) mass is 233 g/mol. The van der Waals surface area contributed by atoms with Crippen LogP contribution in [-0.4, -0.2) is 25.6 Å². The number of nitrogens with two attached hydrogens (primary N) is 1. The van der Waals surface area contributed by atoms with E-state index in [2.05, 4.69) is 0 Å². The number of hydrogen-bond acceptors (Lipinski definition) is 1. The first kappa shape index (κ1) is 12.8. The van der Waals surface area contributed by atoms with Crippen LogP contribution in [0.2, 0.25) is 0 Å². The van der Waals surface area contributed by atoms with Gasteiger partial charge in [-0.2, -0.15) is 13.2 Å². The Labute approximate surface area is 93.1 Å². The average molecular weight is 233 g/mol. The van der Waals surface area contributed by atoms with Crippen LogP contribution in [0.15, 0.2) is 18.2 Å². The second-order valence-electron chi connectivity index (χ2n) is 4.82. The van der Waals surface area contributed by atoms with Gasteiger partial charge in [-0.15, -0.1) is 0 Å². The normalized spacial score (nSPS) is 12.9. The average Bonchev–Trinajstić information content (AvgIpc) is 2.04. The lowest BCUT2D eigenvalue weighted by atomic mass is 10.1. The first-order chi connectivity index (χ1) is 7.11. The van der Waals surface area contributed by atoms with Crippen molar-refractivity contribution in [2.45, 2.75) is 12.7 Å². The van der Waals surface area contributed by atoms with Gasteiger partial charge in [0.05, 0.1) is 32.4 Å². The predicted molar refractivity (Wildman–Crippen MR) is 57.6 cm³/mol. The Bertz CT molecular complexity index is 378. The second kappa shape index (κ2) is 3.97. The van der Waals surface area contributed by atoms with Gasteiger partial charge < -0.3 is 10.2 Å². The van der Waals surface area contributed by atoms with Crippen LogP contribution >= 0.6 is 0 Å². The van der Waals surface area contributed by atoms with Crippen molar-refractivity contribution in [1.82, 2.24) is 0 Å². The van der Waals surface area contributed by atoms with Gasteiger partial charge in [-0.1, -0.05) is 12.1 Å². The molecule has 0 bridgehead atoms. The molecule has 0 aliphatic rings. The molecule has 0 aliphatic heterocycles. The van der Waals surface area contributed by atoms with Crippen molar-refractivity contribution in [2.24, 2.45) is 0 Å². The number of nitrogen functional groups attached to an aromatic ring is 1. The quantitative estimate of drug-likeness (QED) is 0.616. The van der Waals surface area contributed by atoms with Crippen molar-refractivity contribution in [3.63, 3.8) is 0 Å². The van der Waals surface area contributed by atoms with Crippen LogP contribution in [0.5, 0.6) is 0 Å². The highest BCUT2D eigenvalue weighted by Crippen LogP contribution is 2.35. The summed E-state index contributed by atoms with van der Waals surface area (Å²) in [6.45, 7) is 0.468. The lowest BCUT2D eigenvalue weighted by molar-refractivity contribution is -0.883. The number of halogens is 3. The molecule has 0 saturated carbocycles. The molecule has 0 fully saturated rings. The minimum absolute atomic E-state index is 0.164. The molecule has 0 saturated heterocycles. The Morgan fingerprint density at radius 1 is 1.19 bits per heavy atom. The minimum Gasteiger partial charge on any atom is -0.398 e. The zero-order valence-corrected chi connectivity index (χ0v) is 9.60. The van der Waals surface area contributed by atoms with E-state index in [4.69, 9.17) is 5.73 Å². The summed E-state index contributed by atoms with van der Waals surface area (Å²) in [6, 6.07) is 4.03. The predicted octanol–water partition coefficient (Wildman–Crippen LogP) is 2.49. The molecular weight excluding hydrogens is 217 g/mol. The maximum absolute atomic E-state index is 12.6. The van der Waals surface area contributed by atoms with Gasteiger partial charge in [-0.05, 0) is 6.07 Å². The largest absolute Gasteiger partial charge is 0.418 e. The molecule has 0 spiro atoms. The Hall–Kier alpha value is -1.23. The molecule has 2 nitrogen and oxygen atoms in total. The van der Waals surface area contributed by atoms with Gasteiger partial charge in [-0.3, -0.25) is 0 Å². The Morgan fingerprint density at radius 3 is 2.19 bits per heavy atom. The van der Waals surface area contributed by atoms with Crippen LogP contribution in [0.4, 0.5) is 18.9 Å². The molecule has 0 radical (unpaired) electrons. The highest BCUT2D eigenvalue weighted by atomic mass is 19.4. The fraction of sp³-hybridized carbons (Fsp3) is 0.455. The van der Waals surface area contributed by atoms with E-state index in [0.717, 1.165) is 6.07 Å². The van der Waals surface area contributed by atoms with E-state index in [0.29, 0.717) is 16.6 Å². The summed E-state index contributed by atoms with van der Waals surface area (Å²) in [6.07, 6.45) is -4.38. The molecule has 1 aromatic carbocycles. The standard InChI is InChI=1S/C11H16F3N2/c1-16(2,3)7-8-5-4-6-9(10(8)15)11(12,13)14/h4-6H,7,15H2,1-3H3/q+1. The second-order valence-corrected chi connectivity index (χ2v) is 4.82. The van der Waals surface area contributed by atoms with Crippen LogP contribution < -0.4 is 5.73 Å². The summed E-state index contributed by atoms with van der Waals surface area (Å²) in [5, 5.41) is 0. The van der Waals surface area contributed by atoms with Crippen LogP contribution in [-0.2, 0) is 12.7 Å². The molecular formula is C11H16F3N2+. The topological polar surface area (TPSA) is 26.0 Å². The molecule has 0 aromatic heterocycles. The number of nitrogens with zero attached hydrogens (tertiary/aromatic N) is 1. The summed E-state index contributed by atoms with van der Waals surface area (Å²) in [5.41, 5.74) is 5.16. The zero-order valence-electron chi connectivity index (χ0n) is 9.60. The highest BCUT2D eigenvalue weighted by molar-refractivity contribution is 5.54. The van der Waals surface area contributed by atoms with Gasteiger partial charge in [-0.25, -0.2) is 0 Å². The van der Waals surface area contributed by atoms with Crippen LogP contribution in [0.3, 0.4) is 0 Å². The number of alkyl halides is 3. The Morgan fingerprint density at radius 2 is 1.75 bits per heavy atom. The fourth-order valence-corrected chi connectivity index (χ4v) is 1.51. The van der Waals surface area contributed by atoms with Gasteiger partial charge in [0.1, 0.15) is 6.54 Å². The minimum atomic E-state index is -4.38. The van der Waals surface area contributed by atoms with E-state index >= 15 is 0 Å². The molecule has 0 unspecified atom stereocenters. The third-order valence-corrected chi connectivity index (χ3v) is 2.15. The Kier molecular flexibility index (Phi) is 3.19. The summed E-state index contributed by atoms with van der Waals surface area (Å²) >= 11 is 0. The van der Waals surface area contributed by atoms with Crippen molar-refractivity contribution in [3.05, 3.63) is 29.3 Å².